The molecule has 1 atom stereocenters. The van der Waals surface area contributed by atoms with E-state index in [2.05, 4.69) is 22.1 Å². The highest BCUT2D eigenvalue weighted by Gasteiger charge is 2.20. The van der Waals surface area contributed by atoms with Gasteiger partial charge in [-0.2, -0.15) is 5.10 Å². The third kappa shape index (κ3) is 1.83. The molecule has 2 rings (SSSR count). The maximum absolute atomic E-state index is 5.56. The van der Waals surface area contributed by atoms with E-state index >= 15 is 0 Å². The van der Waals surface area contributed by atoms with Crippen molar-refractivity contribution < 1.29 is 0 Å². The molecule has 72 valence electrons. The number of likely N-dealkylation sites (N-methyl/N-ethyl adjacent to an activating group) is 1. The minimum Gasteiger partial charge on any atom is -0.382 e. The van der Waals surface area contributed by atoms with Crippen molar-refractivity contribution in [2.75, 3.05) is 25.9 Å². The summed E-state index contributed by atoms with van der Waals surface area (Å²) in [5.74, 6) is 1.19. The monoisotopic (exact) mass is 180 g/mol. The van der Waals surface area contributed by atoms with Crippen LogP contribution in [0.25, 0.3) is 0 Å². The van der Waals surface area contributed by atoms with Gasteiger partial charge < -0.3 is 10.6 Å². The summed E-state index contributed by atoms with van der Waals surface area (Å²) >= 11 is 0. The van der Waals surface area contributed by atoms with Crippen molar-refractivity contribution in [2.24, 2.45) is 0 Å². The quantitative estimate of drug-likeness (QED) is 0.672. The standard InChI is InChI=1S/C9H16N4/c1-13-4-2-3-7(6-13)8-5-9(10)12-11-8/h5,7H,2-4,6H2,1H3,(H3,10,11,12). The summed E-state index contributed by atoms with van der Waals surface area (Å²) in [6, 6.07) is 1.95. The highest BCUT2D eigenvalue weighted by molar-refractivity contribution is 5.30. The minimum absolute atomic E-state index is 0.587. The predicted octanol–water partition coefficient (Wildman–Crippen LogP) is 0.801. The SMILES string of the molecule is CN1CCCC(c2cc(N)n[nH]2)C1. The number of nitrogens with one attached hydrogen (secondary N) is 1. The van der Waals surface area contributed by atoms with Crippen LogP contribution in [0, 0.1) is 0 Å². The third-order valence-corrected chi connectivity index (χ3v) is 2.68. The van der Waals surface area contributed by atoms with Crippen LogP contribution in [0.2, 0.25) is 0 Å². The van der Waals surface area contributed by atoms with Crippen LogP contribution in [0.3, 0.4) is 0 Å². The number of hydrogen-bond acceptors (Lipinski definition) is 3. The molecule has 0 aromatic carbocycles. The van der Waals surface area contributed by atoms with E-state index < -0.39 is 0 Å². The van der Waals surface area contributed by atoms with Gasteiger partial charge in [0, 0.05) is 24.2 Å². The molecule has 0 amide bonds. The summed E-state index contributed by atoms with van der Waals surface area (Å²) in [7, 11) is 2.16. The van der Waals surface area contributed by atoms with Crippen molar-refractivity contribution in [3.8, 4) is 0 Å². The lowest BCUT2D eigenvalue weighted by atomic mass is 9.95. The molecule has 0 spiro atoms. The molecule has 0 saturated carbocycles. The van der Waals surface area contributed by atoms with Crippen molar-refractivity contribution in [3.63, 3.8) is 0 Å². The van der Waals surface area contributed by atoms with Crippen molar-refractivity contribution in [2.45, 2.75) is 18.8 Å². The molecular formula is C9H16N4. The third-order valence-electron chi connectivity index (χ3n) is 2.68. The van der Waals surface area contributed by atoms with Gasteiger partial charge in [-0.1, -0.05) is 0 Å². The Kier molecular flexibility index (Phi) is 2.22. The summed E-state index contributed by atoms with van der Waals surface area (Å²) in [6.45, 7) is 2.32. The zero-order chi connectivity index (χ0) is 9.26. The lowest BCUT2D eigenvalue weighted by Gasteiger charge is -2.28. The van der Waals surface area contributed by atoms with Crippen LogP contribution >= 0.6 is 0 Å². The molecule has 13 heavy (non-hydrogen) atoms. The molecule has 2 heterocycles. The Hall–Kier alpha value is -1.03. The molecule has 1 aliphatic heterocycles. The Morgan fingerprint density at radius 1 is 1.69 bits per heavy atom. The van der Waals surface area contributed by atoms with Gasteiger partial charge in [0.15, 0.2) is 0 Å². The fraction of sp³-hybridized carbons (Fsp3) is 0.667. The average Bonchev–Trinajstić information content (AvgIpc) is 2.52. The molecule has 0 aliphatic carbocycles. The van der Waals surface area contributed by atoms with Crippen LogP contribution in [-0.2, 0) is 0 Å². The molecule has 1 aromatic rings. The molecule has 0 radical (unpaired) electrons. The highest BCUT2D eigenvalue weighted by Crippen LogP contribution is 2.25. The number of rotatable bonds is 1. The Morgan fingerprint density at radius 2 is 2.54 bits per heavy atom. The van der Waals surface area contributed by atoms with E-state index in [1.807, 2.05) is 6.07 Å². The van der Waals surface area contributed by atoms with Crippen LogP contribution in [0.15, 0.2) is 6.07 Å². The van der Waals surface area contributed by atoms with E-state index in [-0.39, 0.29) is 0 Å². The van der Waals surface area contributed by atoms with Crippen molar-refractivity contribution in [3.05, 3.63) is 11.8 Å². The van der Waals surface area contributed by atoms with Gasteiger partial charge in [0.1, 0.15) is 5.82 Å². The topological polar surface area (TPSA) is 57.9 Å². The fourth-order valence-corrected chi connectivity index (χ4v) is 1.98. The zero-order valence-corrected chi connectivity index (χ0v) is 7.95. The second-order valence-corrected chi connectivity index (χ2v) is 3.85. The number of nitrogens with zero attached hydrogens (tertiary/aromatic N) is 2. The van der Waals surface area contributed by atoms with Gasteiger partial charge in [-0.25, -0.2) is 0 Å². The molecule has 1 unspecified atom stereocenters. The van der Waals surface area contributed by atoms with Crippen molar-refractivity contribution in [1.82, 2.24) is 15.1 Å². The van der Waals surface area contributed by atoms with E-state index in [1.165, 1.54) is 25.1 Å². The molecule has 4 heteroatoms. The maximum atomic E-state index is 5.56. The summed E-state index contributed by atoms with van der Waals surface area (Å²) in [6.07, 6.45) is 2.51. The van der Waals surface area contributed by atoms with Gasteiger partial charge in [-0.3, -0.25) is 5.10 Å². The zero-order valence-electron chi connectivity index (χ0n) is 7.95. The number of hydrogen-bond donors (Lipinski definition) is 2. The Morgan fingerprint density at radius 3 is 3.15 bits per heavy atom. The van der Waals surface area contributed by atoms with E-state index in [4.69, 9.17) is 5.73 Å². The molecule has 1 aromatic heterocycles. The van der Waals surface area contributed by atoms with Gasteiger partial charge in [-0.05, 0) is 26.4 Å². The molecular weight excluding hydrogens is 164 g/mol. The van der Waals surface area contributed by atoms with Crippen LogP contribution in [0.5, 0.6) is 0 Å². The lowest BCUT2D eigenvalue weighted by molar-refractivity contribution is 0.248. The van der Waals surface area contributed by atoms with E-state index in [1.54, 1.807) is 0 Å². The van der Waals surface area contributed by atoms with Crippen molar-refractivity contribution in [1.29, 1.82) is 0 Å². The van der Waals surface area contributed by atoms with Crippen LogP contribution in [0.4, 0.5) is 5.82 Å². The van der Waals surface area contributed by atoms with Gasteiger partial charge >= 0.3 is 0 Å². The number of aromatic amines is 1. The van der Waals surface area contributed by atoms with Crippen LogP contribution in [0.1, 0.15) is 24.5 Å². The first-order chi connectivity index (χ1) is 6.25. The highest BCUT2D eigenvalue weighted by atomic mass is 15.2. The largest absolute Gasteiger partial charge is 0.382 e. The number of anilines is 1. The van der Waals surface area contributed by atoms with E-state index in [0.29, 0.717) is 11.7 Å². The first-order valence-electron chi connectivity index (χ1n) is 4.75. The fourth-order valence-electron chi connectivity index (χ4n) is 1.98. The number of aromatic nitrogens is 2. The summed E-state index contributed by atoms with van der Waals surface area (Å²) in [4.78, 5) is 2.35. The number of H-pyrrole nitrogens is 1. The predicted molar refractivity (Wildman–Crippen MR) is 52.5 cm³/mol. The first kappa shape index (κ1) is 8.56. The second kappa shape index (κ2) is 3.38. The molecule has 1 saturated heterocycles. The molecule has 3 N–H and O–H groups in total. The lowest BCUT2D eigenvalue weighted by Crippen LogP contribution is -2.30. The number of piperidine rings is 1. The maximum Gasteiger partial charge on any atom is 0.145 e. The normalized spacial score (nSPS) is 24.8. The molecule has 1 fully saturated rings. The van der Waals surface area contributed by atoms with Crippen molar-refractivity contribution >= 4 is 5.82 Å². The van der Waals surface area contributed by atoms with Gasteiger partial charge in [0.05, 0.1) is 0 Å². The minimum atomic E-state index is 0.587. The Labute approximate surface area is 78.1 Å². The summed E-state index contributed by atoms with van der Waals surface area (Å²) in [5.41, 5.74) is 6.75. The van der Waals surface area contributed by atoms with E-state index in [9.17, 15) is 0 Å². The first-order valence-corrected chi connectivity index (χ1v) is 4.75. The van der Waals surface area contributed by atoms with Gasteiger partial charge in [0.2, 0.25) is 0 Å². The second-order valence-electron chi connectivity index (χ2n) is 3.85. The number of likely N-dealkylation sites (tertiary alicyclic amines) is 1. The average molecular weight is 180 g/mol. The van der Waals surface area contributed by atoms with Crippen LogP contribution < -0.4 is 5.73 Å². The number of nitrogens with two attached hydrogens (primary N) is 1. The van der Waals surface area contributed by atoms with Crippen LogP contribution in [-0.4, -0.2) is 35.2 Å². The molecule has 4 nitrogen and oxygen atoms in total. The van der Waals surface area contributed by atoms with E-state index in [0.717, 1.165) is 6.54 Å². The van der Waals surface area contributed by atoms with Gasteiger partial charge in [0.25, 0.3) is 0 Å². The molecule has 0 bridgehead atoms. The van der Waals surface area contributed by atoms with Gasteiger partial charge in [-0.15, -0.1) is 0 Å². The summed E-state index contributed by atoms with van der Waals surface area (Å²) < 4.78 is 0. The number of nitrogen functional groups attached to an aromatic ring is 1. The smallest absolute Gasteiger partial charge is 0.145 e. The Balaban J connectivity index is 2.08. The molecule has 1 aliphatic rings. The Bertz CT molecular complexity index is 281. The summed E-state index contributed by atoms with van der Waals surface area (Å²) in [5, 5.41) is 6.95.